The number of hydrogen-bond donors (Lipinski definition) is 1. The van der Waals surface area contributed by atoms with E-state index in [1.165, 1.54) is 12.8 Å². The smallest absolute Gasteiger partial charge is 0.317 e. The van der Waals surface area contributed by atoms with Crippen LogP contribution in [0.4, 0.5) is 0 Å². The van der Waals surface area contributed by atoms with Gasteiger partial charge in [-0.05, 0) is 5.56 Å². The van der Waals surface area contributed by atoms with Crippen LogP contribution >= 0.6 is 0 Å². The van der Waals surface area contributed by atoms with Gasteiger partial charge in [-0.15, -0.1) is 0 Å². The molecule has 0 saturated carbocycles. The molecule has 0 aromatic heterocycles. The normalized spacial score (nSPS) is 9.00. The molecule has 0 spiro atoms. The SMILES string of the molecule is CCCC.O=C(O)CC(=O)OCc1ccccc1. The maximum atomic E-state index is 10.8. The molecule has 1 rings (SSSR count). The Morgan fingerprint density at radius 1 is 1.11 bits per heavy atom. The fourth-order valence-corrected chi connectivity index (χ4v) is 0.913. The number of carboxylic acid groups (broad SMARTS) is 1. The van der Waals surface area contributed by atoms with E-state index in [2.05, 4.69) is 13.8 Å². The van der Waals surface area contributed by atoms with Crippen LogP contribution in [0.2, 0.25) is 0 Å². The number of carboxylic acids is 1. The molecular weight excluding hydrogens is 232 g/mol. The first-order chi connectivity index (χ1) is 8.60. The zero-order valence-corrected chi connectivity index (χ0v) is 10.9. The maximum Gasteiger partial charge on any atom is 0.317 e. The number of benzene rings is 1. The lowest BCUT2D eigenvalue weighted by Gasteiger charge is -2.02. The van der Waals surface area contributed by atoms with Crippen molar-refractivity contribution in [3.63, 3.8) is 0 Å². The largest absolute Gasteiger partial charge is 0.481 e. The fraction of sp³-hybridized carbons (Fsp3) is 0.429. The standard InChI is InChI=1S/C10H10O4.C4H10/c11-9(12)6-10(13)14-7-8-4-2-1-3-5-8;1-3-4-2/h1-5H,6-7H2,(H,11,12);3-4H2,1-2H3. The molecule has 1 aromatic rings. The second kappa shape index (κ2) is 10.3. The van der Waals surface area contributed by atoms with Gasteiger partial charge in [0.2, 0.25) is 0 Å². The number of carbonyl (C=O) groups excluding carboxylic acids is 1. The van der Waals surface area contributed by atoms with Crippen LogP contribution in [0.1, 0.15) is 38.7 Å². The third-order valence-corrected chi connectivity index (χ3v) is 2.04. The van der Waals surface area contributed by atoms with Gasteiger partial charge in [0, 0.05) is 0 Å². The summed E-state index contributed by atoms with van der Waals surface area (Å²) in [5.41, 5.74) is 0.839. The van der Waals surface area contributed by atoms with Gasteiger partial charge in [0.25, 0.3) is 0 Å². The van der Waals surface area contributed by atoms with Crippen molar-refractivity contribution >= 4 is 11.9 Å². The van der Waals surface area contributed by atoms with Crippen molar-refractivity contribution < 1.29 is 19.4 Å². The summed E-state index contributed by atoms with van der Waals surface area (Å²) in [5, 5.41) is 8.28. The summed E-state index contributed by atoms with van der Waals surface area (Å²) >= 11 is 0. The van der Waals surface area contributed by atoms with E-state index < -0.39 is 18.4 Å². The summed E-state index contributed by atoms with van der Waals surface area (Å²) in [7, 11) is 0. The molecule has 1 aromatic carbocycles. The van der Waals surface area contributed by atoms with Crippen LogP contribution in [0.25, 0.3) is 0 Å². The van der Waals surface area contributed by atoms with Crippen LogP contribution in [0.15, 0.2) is 30.3 Å². The average molecular weight is 252 g/mol. The molecule has 0 heterocycles. The second-order valence-electron chi connectivity index (χ2n) is 3.72. The van der Waals surface area contributed by atoms with Crippen molar-refractivity contribution in [2.24, 2.45) is 0 Å². The predicted molar refractivity (Wildman–Crippen MR) is 69.1 cm³/mol. The summed E-state index contributed by atoms with van der Waals surface area (Å²) in [6, 6.07) is 9.09. The van der Waals surface area contributed by atoms with Crippen molar-refractivity contribution in [2.75, 3.05) is 0 Å². The highest BCUT2D eigenvalue weighted by atomic mass is 16.5. The number of unbranched alkanes of at least 4 members (excludes halogenated alkanes) is 1. The molecule has 0 aliphatic heterocycles. The first-order valence-electron chi connectivity index (χ1n) is 6.01. The Bertz CT molecular complexity index is 344. The Hall–Kier alpha value is -1.84. The van der Waals surface area contributed by atoms with E-state index >= 15 is 0 Å². The molecule has 4 nitrogen and oxygen atoms in total. The quantitative estimate of drug-likeness (QED) is 0.646. The molecule has 0 atom stereocenters. The maximum absolute atomic E-state index is 10.8. The fourth-order valence-electron chi connectivity index (χ4n) is 0.913. The van der Waals surface area contributed by atoms with Crippen molar-refractivity contribution in [1.29, 1.82) is 0 Å². The molecule has 0 aliphatic carbocycles. The molecule has 18 heavy (non-hydrogen) atoms. The van der Waals surface area contributed by atoms with Gasteiger partial charge in [0.05, 0.1) is 0 Å². The Labute approximate surface area is 108 Å². The lowest BCUT2D eigenvalue weighted by Crippen LogP contribution is -2.10. The molecular formula is C14H20O4. The summed E-state index contributed by atoms with van der Waals surface area (Å²) in [6.07, 6.45) is 2.05. The third-order valence-electron chi connectivity index (χ3n) is 2.04. The van der Waals surface area contributed by atoms with Crippen LogP contribution in [0.3, 0.4) is 0 Å². The minimum Gasteiger partial charge on any atom is -0.481 e. The molecule has 0 unspecified atom stereocenters. The van der Waals surface area contributed by atoms with Gasteiger partial charge >= 0.3 is 11.9 Å². The highest BCUT2D eigenvalue weighted by Gasteiger charge is 2.08. The van der Waals surface area contributed by atoms with Gasteiger partial charge in [-0.2, -0.15) is 0 Å². The first-order valence-corrected chi connectivity index (χ1v) is 6.01. The van der Waals surface area contributed by atoms with Gasteiger partial charge in [-0.3, -0.25) is 9.59 Å². The number of rotatable bonds is 5. The van der Waals surface area contributed by atoms with Gasteiger partial charge in [-0.25, -0.2) is 0 Å². The summed E-state index contributed by atoms with van der Waals surface area (Å²) in [4.78, 5) is 20.9. The molecule has 0 amide bonds. The minimum absolute atomic E-state index is 0.118. The van der Waals surface area contributed by atoms with Crippen LogP contribution in [-0.2, 0) is 20.9 Å². The minimum atomic E-state index is -1.18. The molecule has 4 heteroatoms. The van der Waals surface area contributed by atoms with Crippen LogP contribution in [0.5, 0.6) is 0 Å². The molecule has 100 valence electrons. The molecule has 0 fully saturated rings. The van der Waals surface area contributed by atoms with Crippen molar-refractivity contribution in [1.82, 2.24) is 0 Å². The van der Waals surface area contributed by atoms with Crippen LogP contribution in [0, 0.1) is 0 Å². The van der Waals surface area contributed by atoms with E-state index in [0.717, 1.165) is 5.56 Å². The Morgan fingerprint density at radius 2 is 1.67 bits per heavy atom. The van der Waals surface area contributed by atoms with Gasteiger partial charge in [0.1, 0.15) is 13.0 Å². The number of esters is 1. The summed E-state index contributed by atoms with van der Waals surface area (Å²) < 4.78 is 4.72. The molecule has 1 N–H and O–H groups in total. The molecule has 0 saturated heterocycles. The zero-order chi connectivity index (χ0) is 13.8. The average Bonchev–Trinajstić information content (AvgIpc) is 2.37. The van der Waals surface area contributed by atoms with Gasteiger partial charge in [0.15, 0.2) is 0 Å². The van der Waals surface area contributed by atoms with Gasteiger partial charge in [-0.1, -0.05) is 57.0 Å². The lowest BCUT2D eigenvalue weighted by molar-refractivity contribution is -0.152. The van der Waals surface area contributed by atoms with Crippen LogP contribution < -0.4 is 0 Å². The number of carbonyl (C=O) groups is 2. The Kier molecular flexibility index (Phi) is 9.27. The Morgan fingerprint density at radius 3 is 2.11 bits per heavy atom. The summed E-state index contributed by atoms with van der Waals surface area (Å²) in [5.74, 6) is -1.90. The second-order valence-corrected chi connectivity index (χ2v) is 3.72. The highest BCUT2D eigenvalue weighted by Crippen LogP contribution is 2.01. The highest BCUT2D eigenvalue weighted by molar-refractivity contribution is 5.90. The zero-order valence-electron chi connectivity index (χ0n) is 10.9. The Balaban J connectivity index is 0.000000631. The van der Waals surface area contributed by atoms with E-state index in [4.69, 9.17) is 9.84 Å². The van der Waals surface area contributed by atoms with E-state index in [-0.39, 0.29) is 6.61 Å². The summed E-state index contributed by atoms with van der Waals surface area (Å²) in [6.45, 7) is 4.48. The molecule has 0 bridgehead atoms. The topological polar surface area (TPSA) is 63.6 Å². The number of ether oxygens (including phenoxy) is 1. The third kappa shape index (κ3) is 9.39. The number of aliphatic carboxylic acids is 1. The molecule has 0 radical (unpaired) electrons. The monoisotopic (exact) mass is 252 g/mol. The van der Waals surface area contributed by atoms with E-state index in [0.29, 0.717) is 0 Å². The van der Waals surface area contributed by atoms with Crippen molar-refractivity contribution in [3.8, 4) is 0 Å². The first kappa shape index (κ1) is 16.2. The van der Waals surface area contributed by atoms with E-state index in [1.807, 2.05) is 18.2 Å². The lowest BCUT2D eigenvalue weighted by atomic mass is 10.2. The van der Waals surface area contributed by atoms with E-state index in [1.54, 1.807) is 12.1 Å². The van der Waals surface area contributed by atoms with E-state index in [9.17, 15) is 9.59 Å². The van der Waals surface area contributed by atoms with Crippen LogP contribution in [-0.4, -0.2) is 17.0 Å². The van der Waals surface area contributed by atoms with Gasteiger partial charge < -0.3 is 9.84 Å². The van der Waals surface area contributed by atoms with Crippen molar-refractivity contribution in [2.45, 2.75) is 39.7 Å². The number of hydrogen-bond acceptors (Lipinski definition) is 3. The predicted octanol–water partition coefficient (Wildman–Crippen LogP) is 3.01. The van der Waals surface area contributed by atoms with Crippen molar-refractivity contribution in [3.05, 3.63) is 35.9 Å². The molecule has 0 aliphatic rings.